The number of fused-ring (bicyclic) bond motifs is 1. The third-order valence-corrected chi connectivity index (χ3v) is 5.65. The molecule has 0 saturated carbocycles. The third kappa shape index (κ3) is 2.86. The second-order valence-electron chi connectivity index (χ2n) is 4.84. The van der Waals surface area contributed by atoms with Crippen molar-refractivity contribution in [3.63, 3.8) is 0 Å². The van der Waals surface area contributed by atoms with Gasteiger partial charge in [0.05, 0.1) is 0 Å². The molecular formula is C12H14BrN5O2S. The summed E-state index contributed by atoms with van der Waals surface area (Å²) in [5, 5.41) is 10.6. The molecule has 1 aromatic heterocycles. The highest BCUT2D eigenvalue weighted by molar-refractivity contribution is 9.10. The normalized spacial score (nSPS) is 14.4. The lowest BCUT2D eigenvalue weighted by Crippen LogP contribution is -2.25. The minimum absolute atomic E-state index is 0.0188. The predicted molar refractivity (Wildman–Crippen MR) is 79.7 cm³/mol. The molecule has 0 fully saturated rings. The highest BCUT2D eigenvalue weighted by Crippen LogP contribution is 2.19. The average Bonchev–Trinajstić information content (AvgIpc) is 3.02. The first-order chi connectivity index (χ1) is 9.97. The first-order valence-electron chi connectivity index (χ1n) is 6.33. The zero-order chi connectivity index (χ0) is 15.0. The zero-order valence-electron chi connectivity index (χ0n) is 11.3. The Balaban J connectivity index is 1.78. The molecule has 0 spiro atoms. The fourth-order valence-corrected chi connectivity index (χ4v) is 4.42. The molecule has 0 amide bonds. The van der Waals surface area contributed by atoms with E-state index in [1.807, 2.05) is 18.2 Å². The second kappa shape index (κ2) is 5.48. The van der Waals surface area contributed by atoms with E-state index in [9.17, 15) is 8.42 Å². The summed E-state index contributed by atoms with van der Waals surface area (Å²) < 4.78 is 28.6. The maximum Gasteiger partial charge on any atom is 0.260 e. The van der Waals surface area contributed by atoms with Gasteiger partial charge in [0.2, 0.25) is 5.03 Å². The molecule has 0 radical (unpaired) electrons. The number of rotatable bonds is 4. The minimum atomic E-state index is -3.67. The Bertz CT molecular complexity index is 767. The Morgan fingerprint density at radius 3 is 2.86 bits per heavy atom. The first kappa shape index (κ1) is 14.6. The van der Waals surface area contributed by atoms with Gasteiger partial charge in [0, 0.05) is 26.7 Å². The molecule has 1 aliphatic rings. The van der Waals surface area contributed by atoms with E-state index < -0.39 is 10.0 Å². The molecule has 0 bridgehead atoms. The summed E-state index contributed by atoms with van der Waals surface area (Å²) in [4.78, 5) is 0. The van der Waals surface area contributed by atoms with Crippen molar-refractivity contribution < 1.29 is 8.42 Å². The van der Waals surface area contributed by atoms with E-state index in [2.05, 4.69) is 36.3 Å². The molecule has 2 aromatic rings. The summed E-state index contributed by atoms with van der Waals surface area (Å²) in [6.07, 6.45) is 0. The van der Waals surface area contributed by atoms with Gasteiger partial charge in [0.1, 0.15) is 0 Å². The van der Waals surface area contributed by atoms with Crippen LogP contribution < -0.4 is 10.0 Å². The summed E-state index contributed by atoms with van der Waals surface area (Å²) in [6.45, 7) is 1.93. The van der Waals surface area contributed by atoms with E-state index in [-0.39, 0.29) is 16.2 Å². The third-order valence-electron chi connectivity index (χ3n) is 3.36. The number of nitrogens with zero attached hydrogens (tertiary/aromatic N) is 3. The molecule has 1 aromatic carbocycles. The van der Waals surface area contributed by atoms with Crippen LogP contribution in [0.1, 0.15) is 16.7 Å². The Labute approximate surface area is 130 Å². The van der Waals surface area contributed by atoms with Crippen molar-refractivity contribution in [2.24, 2.45) is 7.05 Å². The number of hydrogen-bond donors (Lipinski definition) is 2. The molecular weight excluding hydrogens is 358 g/mol. The number of sulfonamides is 1. The smallest absolute Gasteiger partial charge is 0.260 e. The fourth-order valence-electron chi connectivity index (χ4n) is 2.31. The van der Waals surface area contributed by atoms with Crippen LogP contribution in [0, 0.1) is 0 Å². The molecule has 0 unspecified atom stereocenters. The Morgan fingerprint density at radius 1 is 1.38 bits per heavy atom. The van der Waals surface area contributed by atoms with Crippen LogP contribution in [0.4, 0.5) is 0 Å². The summed E-state index contributed by atoms with van der Waals surface area (Å²) in [7, 11) is -2.13. The van der Waals surface area contributed by atoms with Crippen molar-refractivity contribution >= 4 is 26.0 Å². The van der Waals surface area contributed by atoms with Gasteiger partial charge in [-0.25, -0.2) is 17.8 Å². The van der Waals surface area contributed by atoms with Crippen LogP contribution in [0.5, 0.6) is 0 Å². The van der Waals surface area contributed by atoms with Crippen LogP contribution in [-0.2, 0) is 36.7 Å². The molecule has 112 valence electrons. The molecule has 1 aliphatic heterocycles. The lowest BCUT2D eigenvalue weighted by Gasteiger charge is -2.08. The van der Waals surface area contributed by atoms with Gasteiger partial charge in [-0.2, -0.15) is 0 Å². The molecule has 9 heteroatoms. The number of benzene rings is 1. The topological polar surface area (TPSA) is 88.9 Å². The minimum Gasteiger partial charge on any atom is -0.309 e. The van der Waals surface area contributed by atoms with E-state index in [1.165, 1.54) is 22.9 Å². The largest absolute Gasteiger partial charge is 0.309 e. The summed E-state index contributed by atoms with van der Waals surface area (Å²) >= 11 is 3.10. The zero-order valence-corrected chi connectivity index (χ0v) is 13.7. The quantitative estimate of drug-likeness (QED) is 0.823. The maximum absolute atomic E-state index is 12.3. The SMILES string of the molecule is Cn1nnc(Br)c1S(=O)(=O)NCc1ccc2c(c1)CNC2. The van der Waals surface area contributed by atoms with Crippen molar-refractivity contribution in [1.82, 2.24) is 25.0 Å². The summed E-state index contributed by atoms with van der Waals surface area (Å²) in [5.74, 6) is 0. The van der Waals surface area contributed by atoms with Crippen LogP contribution >= 0.6 is 15.9 Å². The lowest BCUT2D eigenvalue weighted by atomic mass is 10.1. The van der Waals surface area contributed by atoms with E-state index in [0.29, 0.717) is 0 Å². The molecule has 2 N–H and O–H groups in total. The number of nitrogens with one attached hydrogen (secondary N) is 2. The van der Waals surface area contributed by atoms with Crippen molar-refractivity contribution in [1.29, 1.82) is 0 Å². The van der Waals surface area contributed by atoms with Crippen molar-refractivity contribution in [3.8, 4) is 0 Å². The van der Waals surface area contributed by atoms with Gasteiger partial charge in [0.25, 0.3) is 10.0 Å². The molecule has 0 atom stereocenters. The average molecular weight is 372 g/mol. The maximum atomic E-state index is 12.3. The van der Waals surface area contributed by atoms with Gasteiger partial charge in [-0.3, -0.25) is 0 Å². The highest BCUT2D eigenvalue weighted by atomic mass is 79.9. The fraction of sp³-hybridized carbons (Fsp3) is 0.333. The van der Waals surface area contributed by atoms with Gasteiger partial charge in [-0.15, -0.1) is 5.10 Å². The van der Waals surface area contributed by atoms with Crippen LogP contribution in [0.25, 0.3) is 0 Å². The Morgan fingerprint density at radius 2 is 2.14 bits per heavy atom. The van der Waals surface area contributed by atoms with Crippen LogP contribution in [0.15, 0.2) is 27.8 Å². The van der Waals surface area contributed by atoms with Crippen molar-refractivity contribution in [2.45, 2.75) is 24.7 Å². The van der Waals surface area contributed by atoms with Crippen LogP contribution in [0.3, 0.4) is 0 Å². The van der Waals surface area contributed by atoms with Gasteiger partial charge in [-0.05, 0) is 32.6 Å². The molecule has 3 rings (SSSR count). The van der Waals surface area contributed by atoms with Gasteiger partial charge in [-0.1, -0.05) is 23.4 Å². The Hall–Kier alpha value is -1.29. The number of aryl methyl sites for hydroxylation is 1. The molecule has 21 heavy (non-hydrogen) atoms. The monoisotopic (exact) mass is 371 g/mol. The first-order valence-corrected chi connectivity index (χ1v) is 8.61. The van der Waals surface area contributed by atoms with Gasteiger partial charge < -0.3 is 5.32 Å². The summed E-state index contributed by atoms with van der Waals surface area (Å²) in [6, 6.07) is 5.99. The standard InChI is InChI=1S/C12H14BrN5O2S/c1-18-12(11(13)16-17-18)21(19,20)15-5-8-2-3-9-6-14-7-10(9)4-8/h2-4,14-15H,5-7H2,1H3. The van der Waals surface area contributed by atoms with Crippen LogP contribution in [0.2, 0.25) is 0 Å². The van der Waals surface area contributed by atoms with E-state index in [0.717, 1.165) is 18.7 Å². The molecule has 0 aliphatic carbocycles. The lowest BCUT2D eigenvalue weighted by molar-refractivity contribution is 0.560. The van der Waals surface area contributed by atoms with E-state index in [4.69, 9.17) is 0 Å². The van der Waals surface area contributed by atoms with Crippen molar-refractivity contribution in [2.75, 3.05) is 0 Å². The van der Waals surface area contributed by atoms with Crippen molar-refractivity contribution in [3.05, 3.63) is 39.5 Å². The molecule has 7 nitrogen and oxygen atoms in total. The predicted octanol–water partition coefficient (Wildman–Crippen LogP) is 0.659. The molecule has 2 heterocycles. The number of halogens is 1. The van der Waals surface area contributed by atoms with Gasteiger partial charge >= 0.3 is 0 Å². The van der Waals surface area contributed by atoms with Crippen LogP contribution in [-0.4, -0.2) is 23.4 Å². The Kier molecular flexibility index (Phi) is 3.82. The number of hydrogen-bond acceptors (Lipinski definition) is 5. The van der Waals surface area contributed by atoms with E-state index in [1.54, 1.807) is 0 Å². The van der Waals surface area contributed by atoms with Gasteiger partial charge in [0.15, 0.2) is 4.60 Å². The summed E-state index contributed by atoms with van der Waals surface area (Å²) in [5.41, 5.74) is 3.41. The van der Waals surface area contributed by atoms with E-state index >= 15 is 0 Å². The highest BCUT2D eigenvalue weighted by Gasteiger charge is 2.23. The number of aromatic nitrogens is 3. The second-order valence-corrected chi connectivity index (χ2v) is 7.27. The molecule has 0 saturated heterocycles.